The predicted octanol–water partition coefficient (Wildman–Crippen LogP) is 3.61. The van der Waals surface area contributed by atoms with Gasteiger partial charge in [0.15, 0.2) is 5.75 Å². The van der Waals surface area contributed by atoms with Crippen LogP contribution in [0.1, 0.15) is 10.4 Å². The Morgan fingerprint density at radius 3 is 2.58 bits per heavy atom. The van der Waals surface area contributed by atoms with Crippen LogP contribution >= 0.6 is 15.9 Å². The fraction of sp³-hybridized carbons (Fsp3) is 0.0714. The number of nitrogen functional groups attached to an aromatic ring is 1. The van der Waals surface area contributed by atoms with Crippen LogP contribution in [-0.4, -0.2) is 13.1 Å². The Morgan fingerprint density at radius 1 is 1.16 bits per heavy atom. The first-order valence-electron chi connectivity index (χ1n) is 5.52. The van der Waals surface area contributed by atoms with Gasteiger partial charge in [-0.05, 0) is 46.3 Å². The van der Waals surface area contributed by atoms with Crippen LogP contribution in [-0.2, 0) is 4.74 Å². The molecule has 0 heterocycles. The van der Waals surface area contributed by atoms with Crippen LogP contribution in [0.4, 0.5) is 5.69 Å². The highest BCUT2D eigenvalue weighted by molar-refractivity contribution is 9.10. The lowest BCUT2D eigenvalue weighted by Crippen LogP contribution is -2.02. The van der Waals surface area contributed by atoms with Crippen molar-refractivity contribution in [2.75, 3.05) is 12.8 Å². The van der Waals surface area contributed by atoms with Gasteiger partial charge in [-0.2, -0.15) is 0 Å². The zero-order chi connectivity index (χ0) is 13.8. The van der Waals surface area contributed by atoms with E-state index in [0.29, 0.717) is 22.7 Å². The Balaban J connectivity index is 2.34. The minimum absolute atomic E-state index is 0.388. The van der Waals surface area contributed by atoms with E-state index in [-0.39, 0.29) is 0 Å². The summed E-state index contributed by atoms with van der Waals surface area (Å²) in [6, 6.07) is 12.1. The number of hydrogen-bond acceptors (Lipinski definition) is 4. The van der Waals surface area contributed by atoms with Crippen molar-refractivity contribution >= 4 is 27.6 Å². The van der Waals surface area contributed by atoms with Crippen molar-refractivity contribution in [3.8, 4) is 11.5 Å². The van der Waals surface area contributed by atoms with Gasteiger partial charge in [-0.15, -0.1) is 0 Å². The molecule has 0 bridgehead atoms. The number of carbonyl (C=O) groups is 1. The predicted molar refractivity (Wildman–Crippen MR) is 76.4 cm³/mol. The number of ether oxygens (including phenoxy) is 2. The number of benzene rings is 2. The molecule has 0 aliphatic carbocycles. The standard InChI is InChI=1S/C14H12BrNO3/c1-18-14(17)9-6-7-11(16)13(8-9)19-12-5-3-2-4-10(12)15/h2-8H,16H2,1H3. The highest BCUT2D eigenvalue weighted by atomic mass is 79.9. The van der Waals surface area contributed by atoms with E-state index in [1.807, 2.05) is 18.2 Å². The van der Waals surface area contributed by atoms with Gasteiger partial charge >= 0.3 is 5.97 Å². The molecule has 2 rings (SSSR count). The molecule has 0 unspecified atom stereocenters. The molecule has 2 aromatic carbocycles. The first-order valence-corrected chi connectivity index (χ1v) is 6.31. The summed E-state index contributed by atoms with van der Waals surface area (Å²) in [6.45, 7) is 0. The first-order chi connectivity index (χ1) is 9.11. The maximum absolute atomic E-state index is 11.5. The minimum Gasteiger partial charge on any atom is -0.465 e. The fourth-order valence-corrected chi connectivity index (χ4v) is 1.88. The molecule has 0 atom stereocenters. The summed E-state index contributed by atoms with van der Waals surface area (Å²) in [5, 5.41) is 0. The molecule has 0 fully saturated rings. The SMILES string of the molecule is COC(=O)c1ccc(N)c(Oc2ccccc2Br)c1. The minimum atomic E-state index is -0.433. The third kappa shape index (κ3) is 3.06. The molecule has 98 valence electrons. The molecule has 2 N–H and O–H groups in total. The van der Waals surface area contributed by atoms with Crippen LogP contribution in [0, 0.1) is 0 Å². The van der Waals surface area contributed by atoms with Gasteiger partial charge in [0.1, 0.15) is 5.75 Å². The van der Waals surface area contributed by atoms with E-state index in [9.17, 15) is 4.79 Å². The molecular formula is C14H12BrNO3. The highest BCUT2D eigenvalue weighted by Crippen LogP contribution is 2.33. The quantitative estimate of drug-likeness (QED) is 0.693. The Morgan fingerprint density at radius 2 is 1.89 bits per heavy atom. The third-order valence-corrected chi connectivity index (χ3v) is 3.15. The molecule has 0 aromatic heterocycles. The van der Waals surface area contributed by atoms with E-state index in [4.69, 9.17) is 10.5 Å². The van der Waals surface area contributed by atoms with Crippen LogP contribution in [0.5, 0.6) is 11.5 Å². The van der Waals surface area contributed by atoms with Gasteiger partial charge in [-0.3, -0.25) is 0 Å². The van der Waals surface area contributed by atoms with E-state index in [1.165, 1.54) is 7.11 Å². The molecule has 4 nitrogen and oxygen atoms in total. The lowest BCUT2D eigenvalue weighted by Gasteiger charge is -2.11. The number of methoxy groups -OCH3 is 1. The summed E-state index contributed by atoms with van der Waals surface area (Å²) < 4.78 is 11.2. The van der Waals surface area contributed by atoms with Crippen LogP contribution in [0.3, 0.4) is 0 Å². The van der Waals surface area contributed by atoms with Gasteiger partial charge in [-0.25, -0.2) is 4.79 Å². The Hall–Kier alpha value is -2.01. The molecule has 0 aliphatic heterocycles. The molecular weight excluding hydrogens is 310 g/mol. The summed E-state index contributed by atoms with van der Waals surface area (Å²) in [5.41, 5.74) is 6.67. The van der Waals surface area contributed by atoms with E-state index in [1.54, 1.807) is 24.3 Å². The summed E-state index contributed by atoms with van der Waals surface area (Å²) in [4.78, 5) is 11.5. The second-order valence-electron chi connectivity index (χ2n) is 3.78. The number of rotatable bonds is 3. The van der Waals surface area contributed by atoms with Crippen molar-refractivity contribution in [3.63, 3.8) is 0 Å². The molecule has 19 heavy (non-hydrogen) atoms. The molecule has 0 aliphatic rings. The van der Waals surface area contributed by atoms with Crippen LogP contribution in [0.2, 0.25) is 0 Å². The zero-order valence-corrected chi connectivity index (χ0v) is 11.8. The first kappa shape index (κ1) is 13.4. The molecule has 0 radical (unpaired) electrons. The van der Waals surface area contributed by atoms with Crippen molar-refractivity contribution in [1.82, 2.24) is 0 Å². The number of nitrogens with two attached hydrogens (primary N) is 1. The van der Waals surface area contributed by atoms with Crippen molar-refractivity contribution < 1.29 is 14.3 Å². The summed E-state index contributed by atoms with van der Waals surface area (Å²) >= 11 is 3.38. The Labute approximate surface area is 119 Å². The van der Waals surface area contributed by atoms with Gasteiger partial charge in [-0.1, -0.05) is 12.1 Å². The van der Waals surface area contributed by atoms with E-state index >= 15 is 0 Å². The van der Waals surface area contributed by atoms with Gasteiger partial charge < -0.3 is 15.2 Å². The summed E-state index contributed by atoms with van der Waals surface area (Å²) in [5.74, 6) is 0.600. The summed E-state index contributed by atoms with van der Waals surface area (Å²) in [7, 11) is 1.33. The van der Waals surface area contributed by atoms with Gasteiger partial charge in [0.05, 0.1) is 22.8 Å². The maximum atomic E-state index is 11.5. The van der Waals surface area contributed by atoms with Gasteiger partial charge in [0, 0.05) is 0 Å². The van der Waals surface area contributed by atoms with Gasteiger partial charge in [0.2, 0.25) is 0 Å². The normalized spacial score (nSPS) is 10.0. The Bertz CT molecular complexity index is 613. The van der Waals surface area contributed by atoms with Crippen molar-refractivity contribution in [1.29, 1.82) is 0 Å². The zero-order valence-electron chi connectivity index (χ0n) is 10.2. The van der Waals surface area contributed by atoms with Crippen molar-refractivity contribution in [2.45, 2.75) is 0 Å². The third-order valence-electron chi connectivity index (χ3n) is 2.49. The van der Waals surface area contributed by atoms with Crippen LogP contribution in [0.25, 0.3) is 0 Å². The van der Waals surface area contributed by atoms with E-state index in [2.05, 4.69) is 20.7 Å². The number of halogens is 1. The lowest BCUT2D eigenvalue weighted by molar-refractivity contribution is 0.0600. The van der Waals surface area contributed by atoms with E-state index < -0.39 is 5.97 Å². The number of carbonyl (C=O) groups excluding carboxylic acids is 1. The molecule has 0 saturated carbocycles. The highest BCUT2D eigenvalue weighted by Gasteiger charge is 2.11. The van der Waals surface area contributed by atoms with Crippen LogP contribution < -0.4 is 10.5 Å². The van der Waals surface area contributed by atoms with Crippen LogP contribution in [0.15, 0.2) is 46.9 Å². The topological polar surface area (TPSA) is 61.5 Å². The molecule has 2 aromatic rings. The second-order valence-corrected chi connectivity index (χ2v) is 4.63. The largest absolute Gasteiger partial charge is 0.465 e. The number of esters is 1. The average Bonchev–Trinajstić information content (AvgIpc) is 2.42. The average molecular weight is 322 g/mol. The maximum Gasteiger partial charge on any atom is 0.337 e. The molecule has 0 saturated heterocycles. The summed E-state index contributed by atoms with van der Waals surface area (Å²) in [6.07, 6.45) is 0. The van der Waals surface area contributed by atoms with E-state index in [0.717, 1.165) is 4.47 Å². The lowest BCUT2D eigenvalue weighted by atomic mass is 10.2. The number of hydrogen-bond donors (Lipinski definition) is 1. The molecule has 0 spiro atoms. The number of anilines is 1. The smallest absolute Gasteiger partial charge is 0.337 e. The number of para-hydroxylation sites is 1. The molecule has 0 amide bonds. The second kappa shape index (κ2) is 5.75. The Kier molecular flexibility index (Phi) is 4.06. The van der Waals surface area contributed by atoms with Crippen molar-refractivity contribution in [2.24, 2.45) is 0 Å². The monoisotopic (exact) mass is 321 g/mol. The van der Waals surface area contributed by atoms with Gasteiger partial charge in [0.25, 0.3) is 0 Å². The van der Waals surface area contributed by atoms with Crippen molar-refractivity contribution in [3.05, 3.63) is 52.5 Å². The molecule has 5 heteroatoms. The fourth-order valence-electron chi connectivity index (χ4n) is 1.51.